The highest BCUT2D eigenvalue weighted by Gasteiger charge is 2.62. The minimum Gasteiger partial charge on any atom is -0.461 e. The highest BCUT2D eigenvalue weighted by atomic mass is 35.5. The van der Waals surface area contributed by atoms with Gasteiger partial charge in [-0.25, -0.2) is 14.6 Å². The van der Waals surface area contributed by atoms with Gasteiger partial charge in [0.1, 0.15) is 5.76 Å². The minimum atomic E-state index is -1.43. The molecule has 0 aliphatic carbocycles. The van der Waals surface area contributed by atoms with Gasteiger partial charge in [-0.05, 0) is 42.8 Å². The van der Waals surface area contributed by atoms with Crippen molar-refractivity contribution in [1.82, 2.24) is 0 Å². The van der Waals surface area contributed by atoms with Gasteiger partial charge in [0.2, 0.25) is 0 Å². The van der Waals surface area contributed by atoms with E-state index in [4.69, 9.17) is 21.1 Å². The lowest BCUT2D eigenvalue weighted by Crippen LogP contribution is -2.51. The van der Waals surface area contributed by atoms with E-state index in [9.17, 15) is 9.59 Å². The van der Waals surface area contributed by atoms with Crippen LogP contribution in [0.15, 0.2) is 96.1 Å². The van der Waals surface area contributed by atoms with E-state index in [0.29, 0.717) is 16.5 Å². The molecular weight excluding hydrogens is 452 g/mol. The Balaban J connectivity index is 1.75. The van der Waals surface area contributed by atoms with Crippen molar-refractivity contribution in [3.63, 3.8) is 0 Å². The molecule has 0 N–H and O–H groups in total. The maximum absolute atomic E-state index is 13.8. The van der Waals surface area contributed by atoms with Crippen molar-refractivity contribution in [3.8, 4) is 0 Å². The molecule has 0 saturated carbocycles. The molecule has 2 atom stereocenters. The summed E-state index contributed by atoms with van der Waals surface area (Å²) in [5, 5.41) is 6.75. The van der Waals surface area contributed by atoms with Crippen molar-refractivity contribution in [3.05, 3.63) is 107 Å². The molecule has 7 heteroatoms. The first-order valence-corrected chi connectivity index (χ1v) is 11.3. The Labute approximate surface area is 202 Å². The van der Waals surface area contributed by atoms with Gasteiger partial charge in [0.15, 0.2) is 11.3 Å². The average Bonchev–Trinajstić information content (AvgIpc) is 3.39. The van der Waals surface area contributed by atoms with Crippen LogP contribution >= 0.6 is 11.6 Å². The third-order valence-corrected chi connectivity index (χ3v) is 6.15. The van der Waals surface area contributed by atoms with E-state index in [1.807, 2.05) is 60.7 Å². The van der Waals surface area contributed by atoms with Crippen molar-refractivity contribution >= 4 is 40.7 Å². The smallest absolute Gasteiger partial charge is 0.355 e. The first kappa shape index (κ1) is 21.9. The zero-order valence-corrected chi connectivity index (χ0v) is 19.1. The van der Waals surface area contributed by atoms with Gasteiger partial charge in [0.05, 0.1) is 18.2 Å². The van der Waals surface area contributed by atoms with Gasteiger partial charge in [-0.15, -0.1) is 0 Å². The summed E-state index contributed by atoms with van der Waals surface area (Å²) in [5.41, 5.74) is 0.786. The van der Waals surface area contributed by atoms with Crippen LogP contribution in [0.4, 0.5) is 5.69 Å². The molecule has 5 rings (SSSR count). The number of benzene rings is 3. The fourth-order valence-corrected chi connectivity index (χ4v) is 4.54. The van der Waals surface area contributed by atoms with Crippen LogP contribution in [-0.2, 0) is 19.1 Å². The van der Waals surface area contributed by atoms with Crippen LogP contribution in [0.3, 0.4) is 0 Å². The SMILES string of the molecule is CCOC(=O)C1=NN(c2ccc(Cl)cc2)C2(C=C(c3ccccc3)OC2=O)C1c1ccccc1. The second kappa shape index (κ2) is 8.80. The van der Waals surface area contributed by atoms with Crippen molar-refractivity contribution in [2.75, 3.05) is 11.6 Å². The number of anilines is 1. The molecule has 0 saturated heterocycles. The van der Waals surface area contributed by atoms with Crippen LogP contribution in [0, 0.1) is 0 Å². The molecule has 6 nitrogen and oxygen atoms in total. The molecular formula is C27H21ClN2O4. The number of cyclic esters (lactones) is 1. The number of carbonyl (C=O) groups excluding carboxylic acids is 2. The lowest BCUT2D eigenvalue weighted by atomic mass is 9.76. The quantitative estimate of drug-likeness (QED) is 0.477. The van der Waals surface area contributed by atoms with E-state index in [2.05, 4.69) is 5.10 Å². The van der Waals surface area contributed by atoms with Crippen LogP contribution in [0.5, 0.6) is 0 Å². The van der Waals surface area contributed by atoms with E-state index in [1.165, 1.54) is 0 Å². The van der Waals surface area contributed by atoms with Crippen molar-refractivity contribution in [1.29, 1.82) is 0 Å². The van der Waals surface area contributed by atoms with Gasteiger partial charge in [0, 0.05) is 10.6 Å². The van der Waals surface area contributed by atoms with Crippen LogP contribution in [-0.4, -0.2) is 29.8 Å². The van der Waals surface area contributed by atoms with E-state index in [-0.39, 0.29) is 12.3 Å². The Hall–Kier alpha value is -3.90. The van der Waals surface area contributed by atoms with E-state index in [0.717, 1.165) is 11.1 Å². The maximum Gasteiger partial charge on any atom is 0.355 e. The number of ether oxygens (including phenoxy) is 2. The molecule has 1 spiro atoms. The summed E-state index contributed by atoms with van der Waals surface area (Å²) in [6.45, 7) is 1.91. The predicted octanol–water partition coefficient (Wildman–Crippen LogP) is 5.20. The monoisotopic (exact) mass is 472 g/mol. The summed E-state index contributed by atoms with van der Waals surface area (Å²) in [7, 11) is 0. The summed E-state index contributed by atoms with van der Waals surface area (Å²) in [5.74, 6) is -1.46. The summed E-state index contributed by atoms with van der Waals surface area (Å²) >= 11 is 6.11. The molecule has 3 aromatic rings. The Morgan fingerprint density at radius 2 is 1.68 bits per heavy atom. The molecule has 0 bridgehead atoms. The zero-order chi connectivity index (χ0) is 23.7. The second-order valence-corrected chi connectivity index (χ2v) is 8.36. The fourth-order valence-electron chi connectivity index (χ4n) is 4.42. The average molecular weight is 473 g/mol. The summed E-state index contributed by atoms with van der Waals surface area (Å²) in [6.07, 6.45) is 1.76. The highest BCUT2D eigenvalue weighted by Crippen LogP contribution is 2.49. The van der Waals surface area contributed by atoms with Gasteiger partial charge < -0.3 is 9.47 Å². The van der Waals surface area contributed by atoms with E-state index >= 15 is 0 Å². The number of nitrogens with zero attached hydrogens (tertiary/aromatic N) is 2. The highest BCUT2D eigenvalue weighted by molar-refractivity contribution is 6.41. The number of hydrogen-bond donors (Lipinski definition) is 0. The van der Waals surface area contributed by atoms with E-state index in [1.54, 1.807) is 42.3 Å². The number of halogens is 1. The Bertz CT molecular complexity index is 1290. The number of carbonyl (C=O) groups is 2. The van der Waals surface area contributed by atoms with Crippen molar-refractivity contribution < 1.29 is 19.1 Å². The topological polar surface area (TPSA) is 68.2 Å². The van der Waals surface area contributed by atoms with Crippen LogP contribution in [0.25, 0.3) is 5.76 Å². The normalized spacial score (nSPS) is 21.3. The number of hydrogen-bond acceptors (Lipinski definition) is 6. The molecule has 0 aromatic heterocycles. The molecule has 2 heterocycles. The molecule has 0 amide bonds. The molecule has 34 heavy (non-hydrogen) atoms. The predicted molar refractivity (Wildman–Crippen MR) is 130 cm³/mol. The van der Waals surface area contributed by atoms with Gasteiger partial charge >= 0.3 is 11.9 Å². The molecule has 2 aliphatic rings. The van der Waals surface area contributed by atoms with E-state index < -0.39 is 23.4 Å². The number of esters is 2. The fraction of sp³-hybridized carbons (Fsp3) is 0.148. The first-order chi connectivity index (χ1) is 16.5. The lowest BCUT2D eigenvalue weighted by molar-refractivity contribution is -0.139. The Morgan fingerprint density at radius 3 is 2.32 bits per heavy atom. The van der Waals surface area contributed by atoms with Crippen LogP contribution in [0.2, 0.25) is 5.02 Å². The Kier molecular flexibility index (Phi) is 5.67. The standard InChI is InChI=1S/C27H21ClN2O4/c1-2-33-25(31)24-23(19-11-7-4-8-12-19)27(30(29-24)21-15-13-20(28)14-16-21)17-22(34-26(27)32)18-9-5-3-6-10-18/h3-17,23H,2H2,1H3. The molecule has 3 aromatic carbocycles. The van der Waals surface area contributed by atoms with Crippen LogP contribution in [0.1, 0.15) is 24.0 Å². The molecule has 2 unspecified atom stereocenters. The number of rotatable bonds is 5. The van der Waals surface area contributed by atoms with Crippen molar-refractivity contribution in [2.24, 2.45) is 5.10 Å². The Morgan fingerprint density at radius 1 is 1.03 bits per heavy atom. The molecule has 0 fully saturated rings. The van der Waals surface area contributed by atoms with Gasteiger partial charge in [-0.3, -0.25) is 0 Å². The number of hydrazone groups is 1. The summed E-state index contributed by atoms with van der Waals surface area (Å²) < 4.78 is 11.2. The largest absolute Gasteiger partial charge is 0.461 e. The maximum atomic E-state index is 13.8. The summed E-state index contributed by atoms with van der Waals surface area (Å²) in [4.78, 5) is 26.9. The molecule has 0 radical (unpaired) electrons. The summed E-state index contributed by atoms with van der Waals surface area (Å²) in [6, 6.07) is 25.6. The first-order valence-electron chi connectivity index (χ1n) is 10.9. The lowest BCUT2D eigenvalue weighted by Gasteiger charge is -2.33. The van der Waals surface area contributed by atoms with Crippen molar-refractivity contribution in [2.45, 2.75) is 18.4 Å². The van der Waals surface area contributed by atoms with Gasteiger partial charge in [-0.2, -0.15) is 5.10 Å². The van der Waals surface area contributed by atoms with Gasteiger partial charge in [-0.1, -0.05) is 72.3 Å². The van der Waals surface area contributed by atoms with Crippen LogP contribution < -0.4 is 5.01 Å². The van der Waals surface area contributed by atoms with Gasteiger partial charge in [0.25, 0.3) is 0 Å². The molecule has 170 valence electrons. The minimum absolute atomic E-state index is 0.130. The zero-order valence-electron chi connectivity index (χ0n) is 18.4. The third kappa shape index (κ3) is 3.56. The second-order valence-electron chi connectivity index (χ2n) is 7.93. The third-order valence-electron chi connectivity index (χ3n) is 5.90. The molecule has 2 aliphatic heterocycles.